The molecule has 0 heterocycles. The van der Waals surface area contributed by atoms with Crippen molar-refractivity contribution in [3.63, 3.8) is 0 Å². The van der Waals surface area contributed by atoms with Gasteiger partial charge in [0.1, 0.15) is 18.4 Å². The second kappa shape index (κ2) is 10.7. The van der Waals surface area contributed by atoms with Crippen molar-refractivity contribution in [1.29, 1.82) is 0 Å². The number of rotatable bonds is 11. The van der Waals surface area contributed by atoms with E-state index in [-0.39, 0.29) is 25.5 Å². The number of benzene rings is 2. The van der Waals surface area contributed by atoms with E-state index in [4.69, 9.17) is 15.6 Å². The van der Waals surface area contributed by atoms with Gasteiger partial charge in [0.15, 0.2) is 0 Å². The molecule has 0 aromatic heterocycles. The summed E-state index contributed by atoms with van der Waals surface area (Å²) < 4.78 is 30.1. The van der Waals surface area contributed by atoms with E-state index >= 15 is 0 Å². The van der Waals surface area contributed by atoms with Gasteiger partial charge in [-0.15, -0.1) is 0 Å². The van der Waals surface area contributed by atoms with Crippen LogP contribution >= 0.6 is 0 Å². The quantitative estimate of drug-likeness (QED) is 0.376. The molecule has 10 heteroatoms. The van der Waals surface area contributed by atoms with Gasteiger partial charge in [-0.05, 0) is 41.8 Å². The Labute approximate surface area is 175 Å². The summed E-state index contributed by atoms with van der Waals surface area (Å²) in [6.07, 6.45) is 1.31. The third-order valence-corrected chi connectivity index (χ3v) is 4.78. The minimum absolute atomic E-state index is 0.162. The van der Waals surface area contributed by atoms with Crippen LogP contribution in [0.5, 0.6) is 5.75 Å². The van der Waals surface area contributed by atoms with E-state index in [9.17, 15) is 18.0 Å². The Bertz CT molecular complexity index is 959. The maximum atomic E-state index is 12.1. The van der Waals surface area contributed by atoms with Gasteiger partial charge >= 0.3 is 5.97 Å². The Morgan fingerprint density at radius 1 is 1.07 bits per heavy atom. The Kier molecular flexibility index (Phi) is 8.34. The normalized spacial score (nSPS) is 12.2. The lowest BCUT2D eigenvalue weighted by Gasteiger charge is -2.10. The molecule has 0 aliphatic heterocycles. The van der Waals surface area contributed by atoms with Gasteiger partial charge < -0.3 is 20.9 Å². The summed E-state index contributed by atoms with van der Waals surface area (Å²) in [6, 6.07) is 12.6. The van der Waals surface area contributed by atoms with Crippen LogP contribution in [0.15, 0.2) is 48.5 Å². The van der Waals surface area contributed by atoms with E-state index in [1.54, 1.807) is 48.5 Å². The van der Waals surface area contributed by atoms with Crippen molar-refractivity contribution >= 4 is 21.9 Å². The van der Waals surface area contributed by atoms with Gasteiger partial charge in [0.25, 0.3) is 5.91 Å². The molecule has 0 saturated heterocycles. The van der Waals surface area contributed by atoms with Crippen LogP contribution in [0, 0.1) is 0 Å². The molecule has 1 amide bonds. The lowest BCUT2D eigenvalue weighted by atomic mass is 10.1. The Hall–Kier alpha value is -2.95. The average Bonchev–Trinajstić information content (AvgIpc) is 2.70. The van der Waals surface area contributed by atoms with Crippen molar-refractivity contribution in [2.75, 3.05) is 19.4 Å². The molecule has 5 N–H and O–H groups in total. The van der Waals surface area contributed by atoms with E-state index in [2.05, 4.69) is 10.0 Å². The standard InChI is InChI=1S/C20H25N3O6S/c1-30(27,28)23-13-15-2-6-16(7-3-15)19(24)22-10-11-29-17-8-4-14(5-9-17)12-18(21)20(25)26/h2-9,18,23H,10-13,21H2,1H3,(H,22,24)(H,25,26)/t18-/m0/s1. The molecule has 0 radical (unpaired) electrons. The van der Waals surface area contributed by atoms with Crippen LogP contribution in [0.2, 0.25) is 0 Å². The highest BCUT2D eigenvalue weighted by atomic mass is 32.2. The number of hydrogen-bond acceptors (Lipinski definition) is 6. The van der Waals surface area contributed by atoms with Gasteiger partial charge in [-0.25, -0.2) is 13.1 Å². The van der Waals surface area contributed by atoms with Crippen LogP contribution in [-0.4, -0.2) is 50.9 Å². The fourth-order valence-electron chi connectivity index (χ4n) is 2.49. The van der Waals surface area contributed by atoms with Gasteiger partial charge in [0, 0.05) is 12.1 Å². The van der Waals surface area contributed by atoms with Gasteiger partial charge in [-0.1, -0.05) is 24.3 Å². The maximum absolute atomic E-state index is 12.1. The zero-order valence-electron chi connectivity index (χ0n) is 16.5. The average molecular weight is 436 g/mol. The number of carbonyl (C=O) groups excluding carboxylic acids is 1. The lowest BCUT2D eigenvalue weighted by molar-refractivity contribution is -0.138. The zero-order chi connectivity index (χ0) is 22.1. The summed E-state index contributed by atoms with van der Waals surface area (Å²) in [7, 11) is -3.27. The molecule has 2 rings (SSSR count). The van der Waals surface area contributed by atoms with Crippen molar-refractivity contribution in [2.45, 2.75) is 19.0 Å². The molecular weight excluding hydrogens is 410 g/mol. The van der Waals surface area contributed by atoms with Crippen molar-refractivity contribution in [3.8, 4) is 5.75 Å². The van der Waals surface area contributed by atoms with Crippen molar-refractivity contribution < 1.29 is 27.9 Å². The SMILES string of the molecule is CS(=O)(=O)NCc1ccc(C(=O)NCCOc2ccc(C[C@H](N)C(=O)O)cc2)cc1. The molecular formula is C20H25N3O6S. The van der Waals surface area contributed by atoms with E-state index in [0.717, 1.165) is 17.4 Å². The molecule has 0 fully saturated rings. The first-order chi connectivity index (χ1) is 14.1. The van der Waals surface area contributed by atoms with Gasteiger partial charge in [-0.2, -0.15) is 0 Å². The van der Waals surface area contributed by atoms with Crippen LogP contribution in [0.3, 0.4) is 0 Å². The summed E-state index contributed by atoms with van der Waals surface area (Å²) in [5.41, 5.74) is 7.49. The Balaban J connectivity index is 1.73. The minimum Gasteiger partial charge on any atom is -0.492 e. The molecule has 0 aliphatic rings. The summed E-state index contributed by atoms with van der Waals surface area (Å²) in [5, 5.41) is 11.6. The largest absolute Gasteiger partial charge is 0.492 e. The van der Waals surface area contributed by atoms with Crippen molar-refractivity contribution in [2.24, 2.45) is 5.73 Å². The Morgan fingerprint density at radius 3 is 2.23 bits per heavy atom. The first-order valence-electron chi connectivity index (χ1n) is 9.16. The van der Waals surface area contributed by atoms with Crippen LogP contribution in [0.1, 0.15) is 21.5 Å². The van der Waals surface area contributed by atoms with E-state index in [1.165, 1.54) is 0 Å². The third-order valence-electron chi connectivity index (χ3n) is 4.11. The monoisotopic (exact) mass is 435 g/mol. The van der Waals surface area contributed by atoms with Crippen LogP contribution in [0.25, 0.3) is 0 Å². The first kappa shape index (κ1) is 23.3. The van der Waals surface area contributed by atoms with E-state index < -0.39 is 22.0 Å². The summed E-state index contributed by atoms with van der Waals surface area (Å²) in [6.45, 7) is 0.716. The van der Waals surface area contributed by atoms with Gasteiger partial charge in [-0.3, -0.25) is 9.59 Å². The van der Waals surface area contributed by atoms with Crippen LogP contribution in [-0.2, 0) is 27.8 Å². The highest BCUT2D eigenvalue weighted by Gasteiger charge is 2.12. The van der Waals surface area contributed by atoms with E-state index in [1.807, 2.05) is 0 Å². The number of carboxylic acid groups (broad SMARTS) is 1. The number of ether oxygens (including phenoxy) is 1. The second-order valence-electron chi connectivity index (χ2n) is 6.69. The fraction of sp³-hybridized carbons (Fsp3) is 0.300. The summed E-state index contributed by atoms with van der Waals surface area (Å²) >= 11 is 0. The minimum atomic E-state index is -3.27. The first-order valence-corrected chi connectivity index (χ1v) is 11.0. The number of amides is 1. The molecule has 0 saturated carbocycles. The Morgan fingerprint density at radius 2 is 1.67 bits per heavy atom. The molecule has 162 valence electrons. The number of nitrogens with two attached hydrogens (primary N) is 1. The van der Waals surface area contributed by atoms with E-state index in [0.29, 0.717) is 17.9 Å². The number of hydrogen-bond donors (Lipinski definition) is 4. The fourth-order valence-corrected chi connectivity index (χ4v) is 2.92. The molecule has 9 nitrogen and oxygen atoms in total. The van der Waals surface area contributed by atoms with Gasteiger partial charge in [0.2, 0.25) is 10.0 Å². The predicted molar refractivity (Wildman–Crippen MR) is 112 cm³/mol. The van der Waals surface area contributed by atoms with Gasteiger partial charge in [0.05, 0.1) is 12.8 Å². The van der Waals surface area contributed by atoms with Crippen molar-refractivity contribution in [1.82, 2.24) is 10.0 Å². The number of aliphatic carboxylic acids is 1. The number of nitrogens with one attached hydrogen (secondary N) is 2. The molecule has 0 bridgehead atoms. The van der Waals surface area contributed by atoms with Crippen molar-refractivity contribution in [3.05, 3.63) is 65.2 Å². The highest BCUT2D eigenvalue weighted by Crippen LogP contribution is 2.13. The van der Waals surface area contributed by atoms with Crippen LogP contribution in [0.4, 0.5) is 0 Å². The summed E-state index contributed by atoms with van der Waals surface area (Å²) in [5.74, 6) is -0.717. The predicted octanol–water partition coefficient (Wildman–Crippen LogP) is 0.499. The number of sulfonamides is 1. The second-order valence-corrected chi connectivity index (χ2v) is 8.52. The molecule has 0 aliphatic carbocycles. The number of carboxylic acids is 1. The number of carbonyl (C=O) groups is 2. The molecule has 0 spiro atoms. The maximum Gasteiger partial charge on any atom is 0.320 e. The molecule has 1 atom stereocenters. The zero-order valence-corrected chi connectivity index (χ0v) is 17.3. The topological polar surface area (TPSA) is 148 Å². The molecule has 30 heavy (non-hydrogen) atoms. The summed E-state index contributed by atoms with van der Waals surface area (Å²) in [4.78, 5) is 22.9. The molecule has 2 aromatic carbocycles. The molecule has 2 aromatic rings. The smallest absolute Gasteiger partial charge is 0.320 e. The molecule has 0 unspecified atom stereocenters. The third kappa shape index (κ3) is 8.19. The highest BCUT2D eigenvalue weighted by molar-refractivity contribution is 7.88. The lowest BCUT2D eigenvalue weighted by Crippen LogP contribution is -2.32. The van der Waals surface area contributed by atoms with Crippen LogP contribution < -0.4 is 20.5 Å².